The van der Waals surface area contributed by atoms with Gasteiger partial charge in [-0.1, -0.05) is 64.7 Å². The molecule has 0 aromatic carbocycles. The Balaban J connectivity index is -0.000000427. The summed E-state index contributed by atoms with van der Waals surface area (Å²) in [6.45, 7) is 2.24. The molecule has 8 heteroatoms. The van der Waals surface area contributed by atoms with Crippen molar-refractivity contribution in [2.24, 2.45) is 0 Å². The first-order valence-corrected chi connectivity index (χ1v) is 8.00. The van der Waals surface area contributed by atoms with E-state index in [9.17, 15) is 13.0 Å². The number of unbranched alkanes of at least 4 members (excludes halogenated alkanes) is 9. The molecule has 0 saturated carbocycles. The molecule has 0 bridgehead atoms. The molecule has 0 aromatic rings. The van der Waals surface area contributed by atoms with Gasteiger partial charge >= 0.3 is 80.9 Å². The normalized spacial score (nSPS) is 10.1. The van der Waals surface area contributed by atoms with Gasteiger partial charge in [-0.05, 0) is 6.42 Å². The molecule has 0 fully saturated rings. The molecule has 0 amide bonds. The Morgan fingerprint density at radius 3 is 1.55 bits per heavy atom. The van der Waals surface area contributed by atoms with E-state index in [1.54, 1.807) is 0 Å². The summed E-state index contributed by atoms with van der Waals surface area (Å²) in [6.07, 6.45) is 11.7. The SMILES string of the molecule is CCCCCCCCCCCCOS(=O)(=O)[O-].[I-].[K+].[Na+]. The summed E-state index contributed by atoms with van der Waals surface area (Å²) >= 11 is 0. The second-order valence-corrected chi connectivity index (χ2v) is 5.46. The molecule has 0 N–H and O–H groups in total. The topological polar surface area (TPSA) is 66.4 Å². The maximum atomic E-state index is 10.1. The van der Waals surface area contributed by atoms with E-state index in [2.05, 4.69) is 11.1 Å². The van der Waals surface area contributed by atoms with Crippen LogP contribution >= 0.6 is 0 Å². The zero-order chi connectivity index (χ0) is 13.0. The van der Waals surface area contributed by atoms with E-state index in [0.717, 1.165) is 12.8 Å². The summed E-state index contributed by atoms with van der Waals surface area (Å²) in [5.74, 6) is 0. The maximum Gasteiger partial charge on any atom is 1.00 e. The van der Waals surface area contributed by atoms with Crippen molar-refractivity contribution in [3.63, 3.8) is 0 Å². The van der Waals surface area contributed by atoms with Crippen molar-refractivity contribution in [2.75, 3.05) is 6.61 Å². The van der Waals surface area contributed by atoms with Crippen molar-refractivity contribution in [1.82, 2.24) is 0 Å². The van der Waals surface area contributed by atoms with Crippen LogP contribution in [0.25, 0.3) is 0 Å². The van der Waals surface area contributed by atoms with E-state index in [4.69, 9.17) is 0 Å². The minimum Gasteiger partial charge on any atom is -1.00 e. The van der Waals surface area contributed by atoms with Crippen molar-refractivity contribution >= 4 is 10.4 Å². The molecule has 0 aromatic heterocycles. The first-order valence-electron chi connectivity index (χ1n) is 6.66. The molecule has 0 aliphatic heterocycles. The van der Waals surface area contributed by atoms with Gasteiger partial charge in [-0.15, -0.1) is 0 Å². The quantitative estimate of drug-likeness (QED) is 0.0971. The average Bonchev–Trinajstić information content (AvgIpc) is 2.24. The first-order chi connectivity index (χ1) is 8.06. The monoisotopic (exact) mass is 454 g/mol. The van der Waals surface area contributed by atoms with Crippen LogP contribution in [0.1, 0.15) is 71.1 Å². The number of halogens is 1. The molecule has 0 aliphatic rings. The van der Waals surface area contributed by atoms with Gasteiger partial charge in [0.2, 0.25) is 10.4 Å². The van der Waals surface area contributed by atoms with E-state index < -0.39 is 10.4 Å². The Hall–Kier alpha value is 3.24. The third-order valence-electron chi connectivity index (χ3n) is 2.73. The van der Waals surface area contributed by atoms with Gasteiger partial charge < -0.3 is 28.5 Å². The number of rotatable bonds is 12. The van der Waals surface area contributed by atoms with Gasteiger partial charge in [-0.25, -0.2) is 8.42 Å². The predicted octanol–water partition coefficient (Wildman–Crippen LogP) is -5.60. The number of hydrogen-bond acceptors (Lipinski definition) is 4. The van der Waals surface area contributed by atoms with Crippen LogP contribution in [0.4, 0.5) is 0 Å². The van der Waals surface area contributed by atoms with E-state index >= 15 is 0 Å². The Bertz CT molecular complexity index is 266. The molecule has 0 rings (SSSR count). The molecule has 0 aliphatic carbocycles. The van der Waals surface area contributed by atoms with E-state index in [0.29, 0.717) is 6.42 Å². The minimum atomic E-state index is -4.48. The molecule has 112 valence electrons. The van der Waals surface area contributed by atoms with Crippen molar-refractivity contribution < 1.29 is 122 Å². The summed E-state index contributed by atoms with van der Waals surface area (Å²) in [6, 6.07) is 0. The van der Waals surface area contributed by atoms with Gasteiger partial charge in [-0.3, -0.25) is 4.18 Å². The van der Waals surface area contributed by atoms with Crippen LogP contribution in [-0.4, -0.2) is 19.6 Å². The zero-order valence-corrected chi connectivity index (χ0v) is 21.3. The zero-order valence-electron chi connectivity index (χ0n) is 13.2. The molecule has 0 unspecified atom stereocenters. The molecule has 20 heavy (non-hydrogen) atoms. The van der Waals surface area contributed by atoms with Gasteiger partial charge in [0.1, 0.15) is 0 Å². The molecule has 0 spiro atoms. The van der Waals surface area contributed by atoms with Crippen LogP contribution in [0.3, 0.4) is 0 Å². The van der Waals surface area contributed by atoms with Crippen LogP contribution in [0, 0.1) is 0 Å². The third kappa shape index (κ3) is 29.3. The molecule has 0 heterocycles. The molecule has 0 atom stereocenters. The minimum absolute atomic E-state index is 0. The van der Waals surface area contributed by atoms with E-state index in [1.807, 2.05) is 0 Å². The third-order valence-corrected chi connectivity index (χ3v) is 3.18. The molecular weight excluding hydrogens is 429 g/mol. The smallest absolute Gasteiger partial charge is 1.00 e. The van der Waals surface area contributed by atoms with Gasteiger partial charge in [-0.2, -0.15) is 0 Å². The van der Waals surface area contributed by atoms with Crippen molar-refractivity contribution in [2.45, 2.75) is 71.1 Å². The van der Waals surface area contributed by atoms with Crippen LogP contribution in [0.15, 0.2) is 0 Å². The molecular formula is C12H25IKNaO4S. The fraction of sp³-hybridized carbons (Fsp3) is 1.00. The Morgan fingerprint density at radius 1 is 0.850 bits per heavy atom. The van der Waals surface area contributed by atoms with Crippen molar-refractivity contribution in [1.29, 1.82) is 0 Å². The van der Waals surface area contributed by atoms with Crippen LogP contribution < -0.4 is 105 Å². The number of hydrogen-bond donors (Lipinski definition) is 0. The largest absolute Gasteiger partial charge is 1.00 e. The Kier molecular flexibility index (Phi) is 34.5. The standard InChI is InChI=1S/C12H26O4S.HI.K.Na/c1-2-3-4-5-6-7-8-9-10-11-12-16-17(13,14)15;;;/h2-12H2,1H3,(H,13,14,15);1H;;/q;;2*+1/p-2. The Morgan fingerprint density at radius 2 is 1.20 bits per heavy atom. The van der Waals surface area contributed by atoms with Crippen molar-refractivity contribution in [3.8, 4) is 0 Å². The first kappa shape index (κ1) is 31.0. The molecule has 0 saturated heterocycles. The van der Waals surface area contributed by atoms with Gasteiger partial charge in [0.05, 0.1) is 6.61 Å². The summed E-state index contributed by atoms with van der Waals surface area (Å²) < 4.78 is 34.5. The maximum absolute atomic E-state index is 10.1. The van der Waals surface area contributed by atoms with Crippen molar-refractivity contribution in [3.05, 3.63) is 0 Å². The fourth-order valence-corrected chi connectivity index (χ4v) is 2.07. The molecule has 4 nitrogen and oxygen atoms in total. The van der Waals surface area contributed by atoms with E-state index in [-0.39, 0.29) is 112 Å². The average molecular weight is 454 g/mol. The predicted molar refractivity (Wildman–Crippen MR) is 67.5 cm³/mol. The summed E-state index contributed by atoms with van der Waals surface area (Å²) in [5.41, 5.74) is 0. The molecule has 0 radical (unpaired) electrons. The van der Waals surface area contributed by atoms with Gasteiger partial charge in [0.15, 0.2) is 0 Å². The second kappa shape index (κ2) is 22.2. The van der Waals surface area contributed by atoms with Gasteiger partial charge in [0, 0.05) is 0 Å². The van der Waals surface area contributed by atoms with Crippen LogP contribution in [0.5, 0.6) is 0 Å². The fourth-order valence-electron chi connectivity index (χ4n) is 1.75. The van der Waals surface area contributed by atoms with Crippen LogP contribution in [0.2, 0.25) is 0 Å². The summed E-state index contributed by atoms with van der Waals surface area (Å²) in [5, 5.41) is 0. The summed E-state index contributed by atoms with van der Waals surface area (Å²) in [4.78, 5) is 0. The second-order valence-electron chi connectivity index (χ2n) is 4.41. The Labute approximate surface area is 206 Å². The van der Waals surface area contributed by atoms with Gasteiger partial charge in [0.25, 0.3) is 0 Å². The van der Waals surface area contributed by atoms with Crippen LogP contribution in [-0.2, 0) is 14.6 Å². The summed E-state index contributed by atoms with van der Waals surface area (Å²) in [7, 11) is -4.48. The van der Waals surface area contributed by atoms with E-state index in [1.165, 1.54) is 44.9 Å².